The minimum atomic E-state index is -0.715. The van der Waals surface area contributed by atoms with E-state index in [0.29, 0.717) is 12.8 Å². The molecule has 6 heteroatoms. The van der Waals surface area contributed by atoms with Crippen LogP contribution in [0, 0.1) is 57.2 Å². The maximum Gasteiger partial charge on any atom is 0.158 e. The highest BCUT2D eigenvalue weighted by Crippen LogP contribution is 2.11. The molecule has 0 N–H and O–H groups in total. The maximum absolute atomic E-state index is 8.84. The van der Waals surface area contributed by atoms with Gasteiger partial charge in [0, 0.05) is 24.7 Å². The predicted octanol–water partition coefficient (Wildman–Crippen LogP) is 2.32. The molecule has 0 heterocycles. The normalized spacial score (nSPS) is 16.6. The largest absolute Gasteiger partial charge is 0.198 e. The minimum Gasteiger partial charge on any atom is -0.198 e. The van der Waals surface area contributed by atoms with Crippen molar-refractivity contribution in [2.45, 2.75) is 38.8 Å². The van der Waals surface area contributed by atoms with Crippen molar-refractivity contribution in [3.05, 3.63) is 0 Å². The van der Waals surface area contributed by atoms with Gasteiger partial charge in [-0.1, -0.05) is 0 Å². The highest BCUT2D eigenvalue weighted by molar-refractivity contribution is 4.97. The van der Waals surface area contributed by atoms with Crippen molar-refractivity contribution < 1.29 is 0 Å². The number of nitrogens with zero attached hydrogens (tertiary/aromatic N) is 6. The summed E-state index contributed by atoms with van der Waals surface area (Å²) >= 11 is 0. The first kappa shape index (κ1) is 15.6. The first-order chi connectivity index (χ1) is 8.57. The fourth-order valence-corrected chi connectivity index (χ4v) is 1.19. The first-order valence-electron chi connectivity index (χ1n) is 5.55. The van der Waals surface area contributed by atoms with Crippen LogP contribution >= 0.6 is 0 Å². The van der Waals surface area contributed by atoms with Crippen LogP contribution in [0.4, 0.5) is 0 Å². The topological polar surface area (TPSA) is 120 Å². The molecule has 0 saturated heterocycles. The molecule has 0 amide bonds. The average molecular weight is 242 g/mol. The summed E-state index contributed by atoms with van der Waals surface area (Å²) in [4.78, 5) is 0. The summed E-state index contributed by atoms with van der Waals surface area (Å²) in [6.07, 6.45) is 0.588. The summed E-state index contributed by atoms with van der Waals surface area (Å²) in [5.41, 5.74) is 0. The molecular weight excluding hydrogens is 228 g/mol. The van der Waals surface area contributed by atoms with E-state index in [9.17, 15) is 0 Å². The van der Waals surface area contributed by atoms with Gasteiger partial charge in [-0.15, -0.1) is 0 Å². The van der Waals surface area contributed by atoms with Crippen LogP contribution in [0.15, 0.2) is 10.2 Å². The molecule has 4 atom stereocenters. The van der Waals surface area contributed by atoms with Crippen LogP contribution in [0.1, 0.15) is 26.7 Å². The lowest BCUT2D eigenvalue weighted by Gasteiger charge is -2.06. The van der Waals surface area contributed by atoms with Gasteiger partial charge in [-0.2, -0.15) is 31.3 Å². The smallest absolute Gasteiger partial charge is 0.158 e. The lowest BCUT2D eigenvalue weighted by atomic mass is 10.0. The Hall–Kier alpha value is -2.44. The van der Waals surface area contributed by atoms with Crippen LogP contribution in [-0.4, -0.2) is 12.1 Å². The molecule has 0 spiro atoms. The van der Waals surface area contributed by atoms with E-state index >= 15 is 0 Å². The Bertz CT molecular complexity index is 399. The van der Waals surface area contributed by atoms with Crippen molar-refractivity contribution in [1.82, 2.24) is 0 Å². The van der Waals surface area contributed by atoms with Crippen LogP contribution in [0.5, 0.6) is 0 Å². The van der Waals surface area contributed by atoms with E-state index in [1.807, 2.05) is 24.3 Å². The molecular formula is C12H14N6. The molecule has 0 rings (SSSR count). The van der Waals surface area contributed by atoms with Crippen molar-refractivity contribution in [3.63, 3.8) is 0 Å². The number of rotatable bonds is 6. The SMILES string of the molecule is CC(C#N)CC(C#N)N=NC(C#N)CC(C)C#N. The van der Waals surface area contributed by atoms with Crippen LogP contribution in [0.25, 0.3) is 0 Å². The van der Waals surface area contributed by atoms with Gasteiger partial charge in [-0.05, 0) is 13.8 Å². The third-order valence-corrected chi connectivity index (χ3v) is 2.24. The summed E-state index contributed by atoms with van der Waals surface area (Å²) in [6.45, 7) is 3.39. The van der Waals surface area contributed by atoms with Crippen molar-refractivity contribution in [2.75, 3.05) is 0 Å². The quantitative estimate of drug-likeness (QED) is 0.663. The van der Waals surface area contributed by atoms with Crippen molar-refractivity contribution >= 4 is 0 Å². The van der Waals surface area contributed by atoms with Gasteiger partial charge in [0.2, 0.25) is 0 Å². The standard InChI is InChI=1S/C12H14N6/c1-9(5-13)3-11(7-15)17-18-12(8-16)4-10(2)6-14/h9-12H,3-4H2,1-2H3. The Labute approximate surface area is 107 Å². The molecule has 0 fully saturated rings. The van der Waals surface area contributed by atoms with Crippen LogP contribution in [0.3, 0.4) is 0 Å². The van der Waals surface area contributed by atoms with E-state index in [1.165, 1.54) is 0 Å². The lowest BCUT2D eigenvalue weighted by Crippen LogP contribution is -2.09. The summed E-state index contributed by atoms with van der Waals surface area (Å²) in [5, 5.41) is 42.5. The highest BCUT2D eigenvalue weighted by Gasteiger charge is 2.14. The molecule has 0 saturated carbocycles. The maximum atomic E-state index is 8.84. The number of hydrogen-bond acceptors (Lipinski definition) is 6. The highest BCUT2D eigenvalue weighted by atomic mass is 15.1. The second-order valence-corrected chi connectivity index (χ2v) is 4.05. The Morgan fingerprint density at radius 2 is 1.06 bits per heavy atom. The lowest BCUT2D eigenvalue weighted by molar-refractivity contribution is 0.550. The Balaban J connectivity index is 4.50. The van der Waals surface area contributed by atoms with Gasteiger partial charge in [0.25, 0.3) is 0 Å². The van der Waals surface area contributed by atoms with Gasteiger partial charge >= 0.3 is 0 Å². The first-order valence-corrected chi connectivity index (χ1v) is 5.55. The van der Waals surface area contributed by atoms with E-state index in [0.717, 1.165) is 0 Å². The summed E-state index contributed by atoms with van der Waals surface area (Å²) in [7, 11) is 0. The summed E-state index contributed by atoms with van der Waals surface area (Å²) < 4.78 is 0. The average Bonchev–Trinajstić information content (AvgIpc) is 2.40. The zero-order valence-electron chi connectivity index (χ0n) is 10.4. The fraction of sp³-hybridized carbons (Fsp3) is 0.667. The molecule has 0 aromatic carbocycles. The molecule has 92 valence electrons. The summed E-state index contributed by atoms with van der Waals surface area (Å²) in [6, 6.07) is 6.45. The van der Waals surface area contributed by atoms with Crippen molar-refractivity contribution in [1.29, 1.82) is 21.0 Å². The van der Waals surface area contributed by atoms with E-state index in [-0.39, 0.29) is 11.8 Å². The summed E-state index contributed by atoms with van der Waals surface area (Å²) in [5.74, 6) is -0.570. The van der Waals surface area contributed by atoms with Gasteiger partial charge < -0.3 is 0 Å². The van der Waals surface area contributed by atoms with E-state index < -0.39 is 12.1 Å². The van der Waals surface area contributed by atoms with Gasteiger partial charge in [-0.3, -0.25) is 0 Å². The van der Waals surface area contributed by atoms with Crippen molar-refractivity contribution in [3.8, 4) is 24.3 Å². The van der Waals surface area contributed by atoms with Crippen molar-refractivity contribution in [2.24, 2.45) is 22.1 Å². The molecule has 4 unspecified atom stereocenters. The number of hydrogen-bond donors (Lipinski definition) is 0. The van der Waals surface area contributed by atoms with Gasteiger partial charge in [0.15, 0.2) is 12.1 Å². The van der Waals surface area contributed by atoms with E-state index in [2.05, 4.69) is 10.2 Å². The second kappa shape index (κ2) is 8.68. The van der Waals surface area contributed by atoms with E-state index in [1.54, 1.807) is 13.8 Å². The van der Waals surface area contributed by atoms with Crippen LogP contribution < -0.4 is 0 Å². The molecule has 0 aliphatic rings. The second-order valence-electron chi connectivity index (χ2n) is 4.05. The Kier molecular flexibility index (Phi) is 7.51. The zero-order chi connectivity index (χ0) is 14.0. The minimum absolute atomic E-state index is 0.285. The van der Waals surface area contributed by atoms with Gasteiger partial charge in [0.1, 0.15) is 0 Å². The molecule has 0 radical (unpaired) electrons. The molecule has 0 aromatic rings. The van der Waals surface area contributed by atoms with Gasteiger partial charge in [0.05, 0.1) is 24.3 Å². The fourth-order valence-electron chi connectivity index (χ4n) is 1.19. The third-order valence-electron chi connectivity index (χ3n) is 2.24. The Morgan fingerprint density at radius 3 is 1.28 bits per heavy atom. The van der Waals surface area contributed by atoms with Gasteiger partial charge in [-0.25, -0.2) is 0 Å². The molecule has 0 aliphatic heterocycles. The van der Waals surface area contributed by atoms with Crippen LogP contribution in [-0.2, 0) is 0 Å². The van der Waals surface area contributed by atoms with E-state index in [4.69, 9.17) is 21.0 Å². The zero-order valence-corrected chi connectivity index (χ0v) is 10.4. The number of azo groups is 1. The molecule has 0 aromatic heterocycles. The Morgan fingerprint density at radius 1 is 0.722 bits per heavy atom. The van der Waals surface area contributed by atoms with Crippen LogP contribution in [0.2, 0.25) is 0 Å². The molecule has 6 nitrogen and oxygen atoms in total. The predicted molar refractivity (Wildman–Crippen MR) is 62.4 cm³/mol. The molecule has 0 aliphatic carbocycles. The molecule has 0 bridgehead atoms. The monoisotopic (exact) mass is 242 g/mol. The third kappa shape index (κ3) is 6.21. The molecule has 18 heavy (non-hydrogen) atoms. The number of nitriles is 4.